The maximum Gasteiger partial charge on any atom is 0.325 e. The van der Waals surface area contributed by atoms with Crippen molar-refractivity contribution in [3.05, 3.63) is 101 Å². The number of hydrogen-bond donors (Lipinski definition) is 0. The number of hydrogen-bond acceptors (Lipinski definition) is 4. The van der Waals surface area contributed by atoms with Gasteiger partial charge in [0.05, 0.1) is 18.8 Å². The summed E-state index contributed by atoms with van der Waals surface area (Å²) in [4.78, 5) is 19.3. The van der Waals surface area contributed by atoms with Gasteiger partial charge in [0.2, 0.25) is 0 Å². The average Bonchev–Trinajstić information content (AvgIpc) is 2.74. The average molecular weight is 370 g/mol. The number of rotatable bonds is 4. The maximum absolute atomic E-state index is 12.3. The summed E-state index contributed by atoms with van der Waals surface area (Å²) in [6.45, 7) is 2.20. The molecular weight excluding hydrogens is 348 g/mol. The zero-order valence-corrected chi connectivity index (χ0v) is 16.0. The minimum absolute atomic E-state index is 0.122. The Kier molecular flexibility index (Phi) is 4.94. The van der Waals surface area contributed by atoms with E-state index in [9.17, 15) is 4.79 Å². The second-order valence-electron chi connectivity index (χ2n) is 6.88. The highest BCUT2D eigenvalue weighted by Crippen LogP contribution is 2.40. The molecule has 0 spiro atoms. The SMILES string of the molecule is COC(=O)CN1C(c2ccccc2)=Nc2ccc(C)cc2[C@H]1c1ccccc1. The Labute approximate surface area is 165 Å². The van der Waals surface area contributed by atoms with Crippen LogP contribution in [0.2, 0.25) is 0 Å². The molecule has 0 saturated heterocycles. The first-order valence-electron chi connectivity index (χ1n) is 9.30. The fourth-order valence-electron chi connectivity index (χ4n) is 3.65. The van der Waals surface area contributed by atoms with Gasteiger partial charge in [0.25, 0.3) is 0 Å². The Morgan fingerprint density at radius 1 is 1.00 bits per heavy atom. The van der Waals surface area contributed by atoms with Crippen molar-refractivity contribution in [1.82, 2.24) is 4.90 Å². The summed E-state index contributed by atoms with van der Waals surface area (Å²) in [6.07, 6.45) is 0. The molecule has 0 bridgehead atoms. The van der Waals surface area contributed by atoms with E-state index in [1.54, 1.807) is 0 Å². The molecule has 1 aliphatic heterocycles. The van der Waals surface area contributed by atoms with E-state index in [1.165, 1.54) is 7.11 Å². The van der Waals surface area contributed by atoms with E-state index in [0.717, 1.165) is 33.8 Å². The van der Waals surface area contributed by atoms with E-state index < -0.39 is 0 Å². The van der Waals surface area contributed by atoms with Crippen molar-refractivity contribution < 1.29 is 9.53 Å². The van der Waals surface area contributed by atoms with Crippen molar-refractivity contribution in [3.63, 3.8) is 0 Å². The van der Waals surface area contributed by atoms with Crippen molar-refractivity contribution in [2.45, 2.75) is 13.0 Å². The summed E-state index contributed by atoms with van der Waals surface area (Å²) in [5, 5.41) is 0. The molecule has 4 rings (SSSR count). The molecule has 140 valence electrons. The second-order valence-corrected chi connectivity index (χ2v) is 6.88. The summed E-state index contributed by atoms with van der Waals surface area (Å²) < 4.78 is 5.00. The minimum Gasteiger partial charge on any atom is -0.468 e. The molecule has 3 aromatic rings. The third-order valence-electron chi connectivity index (χ3n) is 4.96. The lowest BCUT2D eigenvalue weighted by Gasteiger charge is -2.38. The number of carbonyl (C=O) groups is 1. The van der Waals surface area contributed by atoms with Crippen molar-refractivity contribution in [1.29, 1.82) is 0 Å². The van der Waals surface area contributed by atoms with Crippen LogP contribution in [0, 0.1) is 6.92 Å². The lowest BCUT2D eigenvalue weighted by Crippen LogP contribution is -2.42. The van der Waals surface area contributed by atoms with Crippen LogP contribution in [0.1, 0.15) is 28.3 Å². The van der Waals surface area contributed by atoms with Crippen LogP contribution in [-0.4, -0.2) is 30.4 Å². The normalized spacial score (nSPS) is 15.6. The molecule has 4 heteroatoms. The van der Waals surface area contributed by atoms with Crippen LogP contribution in [0.15, 0.2) is 83.9 Å². The van der Waals surface area contributed by atoms with Crippen LogP contribution in [-0.2, 0) is 9.53 Å². The van der Waals surface area contributed by atoms with Gasteiger partial charge in [-0.05, 0) is 18.6 Å². The largest absolute Gasteiger partial charge is 0.468 e. The topological polar surface area (TPSA) is 41.9 Å². The van der Waals surface area contributed by atoms with E-state index >= 15 is 0 Å². The molecule has 0 unspecified atom stereocenters. The van der Waals surface area contributed by atoms with Crippen molar-refractivity contribution >= 4 is 17.5 Å². The first-order chi connectivity index (χ1) is 13.7. The number of nitrogens with zero attached hydrogens (tertiary/aromatic N) is 2. The molecule has 0 amide bonds. The Morgan fingerprint density at radius 2 is 1.68 bits per heavy atom. The molecule has 0 aromatic heterocycles. The smallest absolute Gasteiger partial charge is 0.325 e. The number of benzene rings is 3. The lowest BCUT2D eigenvalue weighted by molar-refractivity contribution is -0.141. The zero-order chi connectivity index (χ0) is 19.5. The van der Waals surface area contributed by atoms with Crippen LogP contribution in [0.5, 0.6) is 0 Å². The van der Waals surface area contributed by atoms with Crippen molar-refractivity contribution in [2.24, 2.45) is 4.99 Å². The Hall–Kier alpha value is -3.40. The van der Waals surface area contributed by atoms with Gasteiger partial charge in [0.15, 0.2) is 0 Å². The molecule has 1 atom stereocenters. The number of fused-ring (bicyclic) bond motifs is 1. The number of aliphatic imine (C=N–C) groups is 1. The van der Waals surface area contributed by atoms with Gasteiger partial charge in [-0.15, -0.1) is 0 Å². The number of amidine groups is 1. The first-order valence-corrected chi connectivity index (χ1v) is 9.30. The van der Waals surface area contributed by atoms with E-state index in [4.69, 9.17) is 9.73 Å². The lowest BCUT2D eigenvalue weighted by atomic mass is 9.92. The summed E-state index contributed by atoms with van der Waals surface area (Å²) in [6, 6.07) is 26.4. The highest BCUT2D eigenvalue weighted by molar-refractivity contribution is 6.03. The Balaban J connectivity index is 1.94. The van der Waals surface area contributed by atoms with Gasteiger partial charge in [0, 0.05) is 11.1 Å². The fraction of sp³-hybridized carbons (Fsp3) is 0.167. The predicted octanol–water partition coefficient (Wildman–Crippen LogP) is 4.65. The van der Waals surface area contributed by atoms with Crippen LogP contribution >= 0.6 is 0 Å². The van der Waals surface area contributed by atoms with Crippen LogP contribution in [0.4, 0.5) is 5.69 Å². The Morgan fingerprint density at radius 3 is 2.36 bits per heavy atom. The monoisotopic (exact) mass is 370 g/mol. The number of carbonyl (C=O) groups excluding carboxylic acids is 1. The molecule has 0 saturated carbocycles. The fourth-order valence-corrected chi connectivity index (χ4v) is 3.65. The van der Waals surface area contributed by atoms with Gasteiger partial charge < -0.3 is 9.64 Å². The summed E-state index contributed by atoms with van der Waals surface area (Å²) in [5.41, 5.74) is 5.27. The maximum atomic E-state index is 12.3. The third-order valence-corrected chi connectivity index (χ3v) is 4.96. The van der Waals surface area contributed by atoms with Gasteiger partial charge in [0.1, 0.15) is 12.4 Å². The zero-order valence-electron chi connectivity index (χ0n) is 16.0. The molecule has 0 radical (unpaired) electrons. The molecule has 0 N–H and O–H groups in total. The molecule has 0 fully saturated rings. The van der Waals surface area contributed by atoms with E-state index in [0.29, 0.717) is 0 Å². The van der Waals surface area contributed by atoms with Gasteiger partial charge >= 0.3 is 5.97 Å². The predicted molar refractivity (Wildman–Crippen MR) is 111 cm³/mol. The van der Waals surface area contributed by atoms with Gasteiger partial charge in [-0.1, -0.05) is 78.4 Å². The number of methoxy groups -OCH3 is 1. The highest BCUT2D eigenvalue weighted by Gasteiger charge is 2.33. The molecule has 0 aliphatic carbocycles. The van der Waals surface area contributed by atoms with Gasteiger partial charge in [-0.3, -0.25) is 4.79 Å². The minimum atomic E-state index is -0.291. The summed E-state index contributed by atoms with van der Waals surface area (Å²) >= 11 is 0. The van der Waals surface area contributed by atoms with Crippen LogP contribution in [0.3, 0.4) is 0 Å². The second kappa shape index (κ2) is 7.69. The van der Waals surface area contributed by atoms with E-state index in [2.05, 4.69) is 37.3 Å². The highest BCUT2D eigenvalue weighted by atomic mass is 16.5. The summed E-state index contributed by atoms with van der Waals surface area (Å²) in [5.74, 6) is 0.483. The summed E-state index contributed by atoms with van der Waals surface area (Å²) in [7, 11) is 1.42. The molecule has 1 aliphatic rings. The molecule has 28 heavy (non-hydrogen) atoms. The number of ether oxygens (including phenoxy) is 1. The van der Waals surface area contributed by atoms with Crippen LogP contribution in [0.25, 0.3) is 0 Å². The molecule has 3 aromatic carbocycles. The first kappa shape index (κ1) is 18.0. The van der Waals surface area contributed by atoms with Crippen molar-refractivity contribution in [2.75, 3.05) is 13.7 Å². The van der Waals surface area contributed by atoms with E-state index in [-0.39, 0.29) is 18.6 Å². The number of aryl methyl sites for hydroxylation is 1. The standard InChI is InChI=1S/C24H22N2O2/c1-17-13-14-21-20(15-17)23(18-9-5-3-6-10-18)26(16-22(27)28-2)24(25-21)19-11-7-4-8-12-19/h3-15,23H,16H2,1-2H3/t23-/m1/s1. The van der Waals surface area contributed by atoms with Crippen molar-refractivity contribution in [3.8, 4) is 0 Å². The van der Waals surface area contributed by atoms with Gasteiger partial charge in [-0.2, -0.15) is 0 Å². The quantitative estimate of drug-likeness (QED) is 0.628. The van der Waals surface area contributed by atoms with Gasteiger partial charge in [-0.25, -0.2) is 4.99 Å². The molecule has 4 nitrogen and oxygen atoms in total. The molecular formula is C24H22N2O2. The van der Waals surface area contributed by atoms with Crippen LogP contribution < -0.4 is 0 Å². The molecule has 1 heterocycles. The third kappa shape index (κ3) is 3.41. The Bertz CT molecular complexity index is 1010. The number of esters is 1. The van der Waals surface area contributed by atoms with E-state index in [1.807, 2.05) is 53.4 Å².